The molecule has 1 aliphatic carbocycles. The summed E-state index contributed by atoms with van der Waals surface area (Å²) in [6.07, 6.45) is 7.81. The highest BCUT2D eigenvalue weighted by atomic mass is 16.3. The smallest absolute Gasteiger partial charge is 0.119 e. The van der Waals surface area contributed by atoms with Gasteiger partial charge in [-0.1, -0.05) is 31.9 Å². The van der Waals surface area contributed by atoms with Crippen LogP contribution in [0.5, 0.6) is 11.5 Å². The minimum atomic E-state index is -0.578. The van der Waals surface area contributed by atoms with Crippen molar-refractivity contribution in [3.63, 3.8) is 0 Å². The van der Waals surface area contributed by atoms with Crippen molar-refractivity contribution in [2.24, 2.45) is 11.3 Å². The highest BCUT2D eigenvalue weighted by Gasteiger charge is 2.44. The van der Waals surface area contributed by atoms with Crippen LogP contribution >= 0.6 is 0 Å². The van der Waals surface area contributed by atoms with E-state index in [4.69, 9.17) is 0 Å². The SMILES string of the molecule is CC(=CCc1cc(O)ccc1O)CC[C@H]1C(C)(C)CCC[C@]1(C)O. The molecule has 1 fully saturated rings. The summed E-state index contributed by atoms with van der Waals surface area (Å²) in [6.45, 7) is 8.64. The third kappa shape index (κ3) is 4.54. The molecule has 1 aliphatic rings. The van der Waals surface area contributed by atoms with Crippen LogP contribution in [0.15, 0.2) is 29.8 Å². The number of allylic oxidation sites excluding steroid dienone is 2. The number of phenols is 2. The van der Waals surface area contributed by atoms with Crippen LogP contribution in [0.1, 0.15) is 65.4 Å². The number of hydrogen-bond acceptors (Lipinski definition) is 3. The fourth-order valence-electron chi connectivity index (χ4n) is 4.29. The van der Waals surface area contributed by atoms with Crippen LogP contribution in [0.2, 0.25) is 0 Å². The summed E-state index contributed by atoms with van der Waals surface area (Å²) in [5.74, 6) is 0.693. The van der Waals surface area contributed by atoms with Crippen LogP contribution < -0.4 is 0 Å². The van der Waals surface area contributed by atoms with E-state index in [1.165, 1.54) is 24.1 Å². The van der Waals surface area contributed by atoms with E-state index in [9.17, 15) is 15.3 Å². The lowest BCUT2D eigenvalue weighted by Gasteiger charge is -2.48. The molecule has 3 heteroatoms. The lowest BCUT2D eigenvalue weighted by molar-refractivity contribution is -0.0918. The van der Waals surface area contributed by atoms with Gasteiger partial charge in [-0.15, -0.1) is 0 Å². The molecule has 0 aromatic heterocycles. The Morgan fingerprint density at radius 3 is 2.58 bits per heavy atom. The van der Waals surface area contributed by atoms with E-state index in [-0.39, 0.29) is 16.9 Å². The summed E-state index contributed by atoms with van der Waals surface area (Å²) in [6, 6.07) is 4.62. The van der Waals surface area contributed by atoms with Crippen molar-refractivity contribution in [1.29, 1.82) is 0 Å². The zero-order valence-corrected chi connectivity index (χ0v) is 15.5. The van der Waals surface area contributed by atoms with Gasteiger partial charge in [0.05, 0.1) is 5.60 Å². The maximum Gasteiger partial charge on any atom is 0.119 e. The van der Waals surface area contributed by atoms with E-state index < -0.39 is 5.60 Å². The number of aliphatic hydroxyl groups is 1. The van der Waals surface area contributed by atoms with E-state index >= 15 is 0 Å². The second kappa shape index (κ2) is 7.18. The van der Waals surface area contributed by atoms with Gasteiger partial charge in [-0.25, -0.2) is 0 Å². The third-order valence-electron chi connectivity index (χ3n) is 5.76. The molecule has 3 nitrogen and oxygen atoms in total. The molecule has 2 rings (SSSR count). The average Bonchev–Trinajstić information content (AvgIpc) is 2.46. The molecule has 0 radical (unpaired) electrons. The first-order chi connectivity index (χ1) is 11.1. The summed E-state index contributed by atoms with van der Waals surface area (Å²) < 4.78 is 0. The quantitative estimate of drug-likeness (QED) is 0.528. The number of rotatable bonds is 5. The molecule has 0 amide bonds. The van der Waals surface area contributed by atoms with Gasteiger partial charge in [0.1, 0.15) is 11.5 Å². The van der Waals surface area contributed by atoms with E-state index in [1.807, 2.05) is 6.92 Å². The summed E-state index contributed by atoms with van der Waals surface area (Å²) in [7, 11) is 0. The molecule has 0 heterocycles. The Bertz CT molecular complexity index is 583. The van der Waals surface area contributed by atoms with E-state index in [2.05, 4.69) is 26.8 Å². The lowest BCUT2D eigenvalue weighted by atomic mass is 9.60. The van der Waals surface area contributed by atoms with Gasteiger partial charge in [0.15, 0.2) is 0 Å². The number of aromatic hydroxyl groups is 2. The molecule has 1 saturated carbocycles. The predicted octanol–water partition coefficient (Wildman–Crippen LogP) is 4.94. The Morgan fingerprint density at radius 1 is 1.21 bits per heavy atom. The van der Waals surface area contributed by atoms with Crippen molar-refractivity contribution >= 4 is 0 Å². The molecule has 1 aromatic carbocycles. The average molecular weight is 332 g/mol. The summed E-state index contributed by atoms with van der Waals surface area (Å²) >= 11 is 0. The number of hydrogen-bond donors (Lipinski definition) is 3. The molecule has 134 valence electrons. The molecule has 0 aliphatic heterocycles. The third-order valence-corrected chi connectivity index (χ3v) is 5.76. The predicted molar refractivity (Wildman–Crippen MR) is 98.2 cm³/mol. The zero-order valence-electron chi connectivity index (χ0n) is 15.5. The number of phenolic OH excluding ortho intramolecular Hbond substituents is 2. The van der Waals surface area contributed by atoms with E-state index in [1.54, 1.807) is 6.07 Å². The van der Waals surface area contributed by atoms with Gasteiger partial charge in [-0.3, -0.25) is 0 Å². The van der Waals surface area contributed by atoms with Gasteiger partial charge in [0.25, 0.3) is 0 Å². The Labute approximate surface area is 146 Å². The first kappa shape index (κ1) is 18.9. The van der Waals surface area contributed by atoms with Gasteiger partial charge in [-0.2, -0.15) is 0 Å². The molecular weight excluding hydrogens is 300 g/mol. The molecule has 0 unspecified atom stereocenters. The largest absolute Gasteiger partial charge is 0.508 e. The highest BCUT2D eigenvalue weighted by molar-refractivity contribution is 5.39. The minimum Gasteiger partial charge on any atom is -0.508 e. The van der Waals surface area contributed by atoms with Crippen molar-refractivity contribution in [2.45, 2.75) is 71.8 Å². The standard InChI is InChI=1S/C21H32O3/c1-15(6-8-16-14-17(22)9-10-18(16)23)7-11-19-20(2,3)12-5-13-21(19,4)24/h6,9-10,14,19,22-24H,5,7-8,11-13H2,1-4H3/t19-,21-/m0/s1. The first-order valence-corrected chi connectivity index (χ1v) is 9.01. The maximum absolute atomic E-state index is 10.8. The fraction of sp³-hybridized carbons (Fsp3) is 0.619. The minimum absolute atomic E-state index is 0.172. The lowest BCUT2D eigenvalue weighted by Crippen LogP contribution is -2.46. The van der Waals surface area contributed by atoms with Crippen LogP contribution in [0.25, 0.3) is 0 Å². The van der Waals surface area contributed by atoms with Gasteiger partial charge < -0.3 is 15.3 Å². The van der Waals surface area contributed by atoms with Gasteiger partial charge >= 0.3 is 0 Å². The second-order valence-corrected chi connectivity index (χ2v) is 8.36. The van der Waals surface area contributed by atoms with Crippen molar-refractivity contribution in [3.8, 4) is 11.5 Å². The topological polar surface area (TPSA) is 60.7 Å². The Morgan fingerprint density at radius 2 is 1.92 bits per heavy atom. The second-order valence-electron chi connectivity index (χ2n) is 8.36. The molecule has 24 heavy (non-hydrogen) atoms. The van der Waals surface area contributed by atoms with E-state index in [0.29, 0.717) is 12.3 Å². The molecule has 3 N–H and O–H groups in total. The number of benzene rings is 1. The Hall–Kier alpha value is -1.48. The van der Waals surface area contributed by atoms with Crippen LogP contribution in [0.3, 0.4) is 0 Å². The fourth-order valence-corrected chi connectivity index (χ4v) is 4.29. The van der Waals surface area contributed by atoms with E-state index in [0.717, 1.165) is 31.2 Å². The van der Waals surface area contributed by atoms with Crippen molar-refractivity contribution in [3.05, 3.63) is 35.4 Å². The maximum atomic E-state index is 10.8. The van der Waals surface area contributed by atoms with Crippen molar-refractivity contribution < 1.29 is 15.3 Å². The van der Waals surface area contributed by atoms with Crippen LogP contribution in [-0.2, 0) is 6.42 Å². The molecule has 0 spiro atoms. The molecule has 1 aromatic rings. The molecular formula is C21H32O3. The summed E-state index contributed by atoms with van der Waals surface area (Å²) in [4.78, 5) is 0. The summed E-state index contributed by atoms with van der Waals surface area (Å²) in [5.41, 5.74) is 1.59. The molecule has 0 saturated heterocycles. The normalized spacial score (nSPS) is 27.2. The van der Waals surface area contributed by atoms with Crippen LogP contribution in [0.4, 0.5) is 0 Å². The Kier molecular flexibility index (Phi) is 5.64. The van der Waals surface area contributed by atoms with Crippen LogP contribution in [-0.4, -0.2) is 20.9 Å². The van der Waals surface area contributed by atoms with Crippen molar-refractivity contribution in [2.75, 3.05) is 0 Å². The van der Waals surface area contributed by atoms with Crippen molar-refractivity contribution in [1.82, 2.24) is 0 Å². The highest BCUT2D eigenvalue weighted by Crippen LogP contribution is 2.48. The van der Waals surface area contributed by atoms with Crippen LogP contribution in [0, 0.1) is 11.3 Å². The first-order valence-electron chi connectivity index (χ1n) is 9.01. The van der Waals surface area contributed by atoms with Gasteiger partial charge in [0.2, 0.25) is 0 Å². The summed E-state index contributed by atoms with van der Waals surface area (Å²) in [5, 5.41) is 30.2. The monoisotopic (exact) mass is 332 g/mol. The Balaban J connectivity index is 1.98. The van der Waals surface area contributed by atoms with Gasteiger partial charge in [0, 0.05) is 5.56 Å². The molecule has 0 bridgehead atoms. The molecule has 2 atom stereocenters. The zero-order chi connectivity index (χ0) is 18.0. The van der Waals surface area contributed by atoms with Gasteiger partial charge in [-0.05, 0) is 75.5 Å².